The summed E-state index contributed by atoms with van der Waals surface area (Å²) < 4.78 is 28.7. The maximum absolute atomic E-state index is 13.5. The molecule has 3 aromatic rings. The van der Waals surface area contributed by atoms with E-state index in [1.165, 1.54) is 0 Å². The number of halogens is 2. The smallest absolute Gasteiger partial charge is 0.248 e. The standard InChI is InChI=1S/C20H25F2N7/c1-13(2)18-26-27-19-16(24-12-15-5-3-4-10-23-15)11-17(28-29(18)19)25-14-6-8-20(21,22)9-7-14/h3-5,10-11,13-14,24H,6-9,12H2,1-2H3,(H,25,28). The summed E-state index contributed by atoms with van der Waals surface area (Å²) in [4.78, 5) is 4.33. The van der Waals surface area contributed by atoms with Gasteiger partial charge >= 0.3 is 0 Å². The number of nitrogens with one attached hydrogen (secondary N) is 2. The van der Waals surface area contributed by atoms with Gasteiger partial charge in [-0.15, -0.1) is 15.3 Å². The lowest BCUT2D eigenvalue weighted by atomic mass is 9.92. The predicted octanol–water partition coefficient (Wildman–Crippen LogP) is 4.24. The lowest BCUT2D eigenvalue weighted by Crippen LogP contribution is -2.32. The third-order valence-electron chi connectivity index (χ3n) is 5.17. The molecule has 1 fully saturated rings. The quantitative estimate of drug-likeness (QED) is 0.643. The Bertz CT molecular complexity index is 962. The number of fused-ring (bicyclic) bond motifs is 1. The number of nitrogens with zero attached hydrogens (tertiary/aromatic N) is 5. The van der Waals surface area contributed by atoms with Crippen LogP contribution in [0.3, 0.4) is 0 Å². The van der Waals surface area contributed by atoms with E-state index in [1.54, 1.807) is 10.7 Å². The van der Waals surface area contributed by atoms with E-state index in [4.69, 9.17) is 0 Å². The summed E-state index contributed by atoms with van der Waals surface area (Å²) in [5.41, 5.74) is 2.30. The van der Waals surface area contributed by atoms with Gasteiger partial charge in [-0.25, -0.2) is 8.78 Å². The van der Waals surface area contributed by atoms with Crippen LogP contribution in [0.15, 0.2) is 30.5 Å². The van der Waals surface area contributed by atoms with E-state index in [2.05, 4.69) is 30.9 Å². The van der Waals surface area contributed by atoms with E-state index in [1.807, 2.05) is 38.1 Å². The summed E-state index contributed by atoms with van der Waals surface area (Å²) in [6, 6.07) is 7.59. The molecule has 0 saturated heterocycles. The van der Waals surface area contributed by atoms with Crippen molar-refractivity contribution in [3.63, 3.8) is 0 Å². The molecule has 7 nitrogen and oxygen atoms in total. The first kappa shape index (κ1) is 19.5. The summed E-state index contributed by atoms with van der Waals surface area (Å²) in [6.07, 6.45) is 2.40. The second-order valence-electron chi connectivity index (χ2n) is 7.84. The minimum atomic E-state index is -2.55. The summed E-state index contributed by atoms with van der Waals surface area (Å²) in [5.74, 6) is -1.04. The molecule has 0 aromatic carbocycles. The van der Waals surface area contributed by atoms with Gasteiger partial charge in [0.2, 0.25) is 11.6 Å². The number of hydrogen-bond acceptors (Lipinski definition) is 6. The molecule has 2 N–H and O–H groups in total. The number of hydrogen-bond donors (Lipinski definition) is 2. The molecule has 9 heteroatoms. The van der Waals surface area contributed by atoms with E-state index in [-0.39, 0.29) is 24.8 Å². The lowest BCUT2D eigenvalue weighted by molar-refractivity contribution is -0.0361. The van der Waals surface area contributed by atoms with Crippen molar-refractivity contribution in [2.24, 2.45) is 0 Å². The van der Waals surface area contributed by atoms with Crippen LogP contribution in [0.25, 0.3) is 5.65 Å². The van der Waals surface area contributed by atoms with Gasteiger partial charge in [0.05, 0.1) is 17.9 Å². The fraction of sp³-hybridized carbons (Fsp3) is 0.500. The van der Waals surface area contributed by atoms with Crippen molar-refractivity contribution < 1.29 is 8.78 Å². The van der Waals surface area contributed by atoms with Crippen LogP contribution < -0.4 is 10.6 Å². The topological polar surface area (TPSA) is 80.0 Å². The van der Waals surface area contributed by atoms with Crippen LogP contribution >= 0.6 is 0 Å². The van der Waals surface area contributed by atoms with E-state index in [9.17, 15) is 8.78 Å². The molecule has 0 amide bonds. The molecule has 154 valence electrons. The minimum absolute atomic E-state index is 0.0257. The summed E-state index contributed by atoms with van der Waals surface area (Å²) in [6.45, 7) is 4.59. The van der Waals surface area contributed by atoms with E-state index < -0.39 is 5.92 Å². The van der Waals surface area contributed by atoms with Gasteiger partial charge < -0.3 is 10.6 Å². The normalized spacial score (nSPS) is 17.0. The predicted molar refractivity (Wildman–Crippen MR) is 107 cm³/mol. The van der Waals surface area contributed by atoms with Crippen molar-refractivity contribution in [2.45, 2.75) is 64.0 Å². The van der Waals surface area contributed by atoms with Crippen LogP contribution in [-0.4, -0.2) is 36.8 Å². The fourth-order valence-electron chi connectivity index (χ4n) is 3.54. The molecule has 1 saturated carbocycles. The molecule has 29 heavy (non-hydrogen) atoms. The maximum atomic E-state index is 13.5. The Labute approximate surface area is 167 Å². The molecule has 0 radical (unpaired) electrons. The monoisotopic (exact) mass is 401 g/mol. The molecule has 0 bridgehead atoms. The second kappa shape index (κ2) is 7.88. The van der Waals surface area contributed by atoms with Gasteiger partial charge in [0.15, 0.2) is 5.82 Å². The molecular weight excluding hydrogens is 376 g/mol. The van der Waals surface area contributed by atoms with E-state index in [0.29, 0.717) is 30.9 Å². The number of anilines is 2. The maximum Gasteiger partial charge on any atom is 0.248 e. The molecule has 0 aliphatic heterocycles. The van der Waals surface area contributed by atoms with Crippen molar-refractivity contribution in [2.75, 3.05) is 10.6 Å². The van der Waals surface area contributed by atoms with Crippen molar-refractivity contribution >= 4 is 17.2 Å². The first-order valence-electron chi connectivity index (χ1n) is 9.96. The average Bonchev–Trinajstić information content (AvgIpc) is 3.13. The zero-order valence-electron chi connectivity index (χ0n) is 16.6. The average molecular weight is 401 g/mol. The number of rotatable bonds is 6. The summed E-state index contributed by atoms with van der Waals surface area (Å²) in [5, 5.41) is 19.9. The minimum Gasteiger partial charge on any atom is -0.376 e. The van der Waals surface area contributed by atoms with Gasteiger partial charge in [-0.05, 0) is 25.0 Å². The zero-order chi connectivity index (χ0) is 20.4. The first-order chi connectivity index (χ1) is 13.9. The van der Waals surface area contributed by atoms with Crippen LogP contribution in [0.2, 0.25) is 0 Å². The molecule has 1 aliphatic rings. The lowest BCUT2D eigenvalue weighted by Gasteiger charge is -2.29. The molecule has 0 atom stereocenters. The van der Waals surface area contributed by atoms with Crippen LogP contribution in [0.5, 0.6) is 0 Å². The molecule has 3 aromatic heterocycles. The van der Waals surface area contributed by atoms with Gasteiger partial charge in [0, 0.05) is 37.1 Å². The van der Waals surface area contributed by atoms with Gasteiger partial charge in [-0.1, -0.05) is 19.9 Å². The Balaban J connectivity index is 1.61. The highest BCUT2D eigenvalue weighted by atomic mass is 19.3. The third-order valence-corrected chi connectivity index (χ3v) is 5.17. The molecule has 0 spiro atoms. The van der Waals surface area contributed by atoms with Gasteiger partial charge in [-0.3, -0.25) is 4.98 Å². The molecule has 1 aliphatic carbocycles. The fourth-order valence-corrected chi connectivity index (χ4v) is 3.54. The SMILES string of the molecule is CC(C)c1nnc2c(NCc3ccccn3)cc(NC3CCC(F)(F)CC3)nn12. The van der Waals surface area contributed by atoms with Gasteiger partial charge in [-0.2, -0.15) is 4.52 Å². The van der Waals surface area contributed by atoms with Crippen molar-refractivity contribution in [1.29, 1.82) is 0 Å². The molecular formula is C20H25F2N7. The van der Waals surface area contributed by atoms with Crippen LogP contribution in [0.4, 0.5) is 20.3 Å². The van der Waals surface area contributed by atoms with Crippen molar-refractivity contribution in [3.05, 3.63) is 42.0 Å². The Morgan fingerprint density at radius 2 is 2.00 bits per heavy atom. The highest BCUT2D eigenvalue weighted by molar-refractivity contribution is 5.70. The Morgan fingerprint density at radius 3 is 2.69 bits per heavy atom. The number of pyridine rings is 1. The van der Waals surface area contributed by atoms with Crippen molar-refractivity contribution in [1.82, 2.24) is 24.8 Å². The van der Waals surface area contributed by atoms with E-state index in [0.717, 1.165) is 17.2 Å². The largest absolute Gasteiger partial charge is 0.376 e. The summed E-state index contributed by atoms with van der Waals surface area (Å²) in [7, 11) is 0. The Hall–Kier alpha value is -2.84. The van der Waals surface area contributed by atoms with Gasteiger partial charge in [0.25, 0.3) is 0 Å². The molecule has 4 rings (SSSR count). The van der Waals surface area contributed by atoms with Crippen LogP contribution in [-0.2, 0) is 6.54 Å². The Kier molecular flexibility index (Phi) is 5.29. The first-order valence-corrected chi connectivity index (χ1v) is 9.96. The zero-order valence-corrected chi connectivity index (χ0v) is 16.6. The highest BCUT2D eigenvalue weighted by Crippen LogP contribution is 2.34. The van der Waals surface area contributed by atoms with E-state index >= 15 is 0 Å². The third kappa shape index (κ3) is 4.44. The van der Waals surface area contributed by atoms with Crippen molar-refractivity contribution in [3.8, 4) is 0 Å². The Morgan fingerprint density at radius 1 is 1.21 bits per heavy atom. The second-order valence-corrected chi connectivity index (χ2v) is 7.84. The molecule has 3 heterocycles. The number of alkyl halides is 2. The highest BCUT2D eigenvalue weighted by Gasteiger charge is 2.35. The van der Waals surface area contributed by atoms with Crippen LogP contribution in [0, 0.1) is 0 Å². The number of aromatic nitrogens is 5. The van der Waals surface area contributed by atoms with Crippen LogP contribution in [0.1, 0.15) is 57.0 Å². The molecule has 0 unspecified atom stereocenters. The van der Waals surface area contributed by atoms with Gasteiger partial charge in [0.1, 0.15) is 5.82 Å². The summed E-state index contributed by atoms with van der Waals surface area (Å²) >= 11 is 0.